The molecule has 15 nitrogen and oxygen atoms in total. The highest BCUT2D eigenvalue weighted by molar-refractivity contribution is 7.15. The maximum Gasteiger partial charge on any atom is 0.308 e. The van der Waals surface area contributed by atoms with Gasteiger partial charge in [0.25, 0.3) is 5.91 Å². The SMILES string of the molecule is COC(=O)C[C@@H]1N=C(c2ccc(-c3ccc(C(=O)N[C@H](C(=O)N4C[C@H](O)C[C@H]4C(=O)NCc4ccc(-c5scnc5CO)cc4)C(C)(C)C)cc3)cc2)c2c(sc(C)c2C)-n2c(C)nnc21. The number of nitrogens with one attached hydrogen (secondary N) is 2. The average Bonchev–Trinajstić information content (AvgIpc) is 4.09. The molecule has 0 bridgehead atoms. The molecule has 3 aromatic heterocycles. The fraction of sp³-hybridized carbons (Fsp3) is 0.347. The van der Waals surface area contributed by atoms with Gasteiger partial charge in [-0.05, 0) is 66.1 Å². The third kappa shape index (κ3) is 9.20. The number of aliphatic hydroxyl groups excluding tert-OH is 2. The molecular weight excluding hydrogens is 877 g/mol. The number of thiophene rings is 1. The van der Waals surface area contributed by atoms with E-state index in [9.17, 15) is 29.4 Å². The molecular formula is C49H52N8O7S2. The molecule has 0 aliphatic carbocycles. The Labute approximate surface area is 390 Å². The Hall–Kier alpha value is -6.40. The number of aliphatic imine (C=N–C) groups is 1. The monoisotopic (exact) mass is 928 g/mol. The average molecular weight is 929 g/mol. The van der Waals surface area contributed by atoms with Crippen LogP contribution >= 0.6 is 22.7 Å². The maximum atomic E-state index is 14.3. The number of fused-ring (bicyclic) bond motifs is 3. The van der Waals surface area contributed by atoms with Crippen molar-refractivity contribution in [1.82, 2.24) is 35.3 Å². The number of hydrogen-bond donors (Lipinski definition) is 4. The number of amides is 3. The summed E-state index contributed by atoms with van der Waals surface area (Å²) in [6.07, 6.45) is -0.826. The molecule has 3 amide bonds. The number of benzene rings is 3. The van der Waals surface area contributed by atoms with Gasteiger partial charge in [-0.2, -0.15) is 0 Å². The number of aliphatic hydroxyl groups is 2. The Bertz CT molecular complexity index is 2820. The summed E-state index contributed by atoms with van der Waals surface area (Å²) in [6, 6.07) is 20.1. The number of thiazole rings is 1. The number of aryl methyl sites for hydroxylation is 2. The van der Waals surface area contributed by atoms with Crippen molar-refractivity contribution in [2.75, 3.05) is 13.7 Å². The van der Waals surface area contributed by atoms with Gasteiger partial charge in [-0.1, -0.05) is 81.4 Å². The van der Waals surface area contributed by atoms with E-state index < -0.39 is 53.3 Å². The molecule has 0 unspecified atom stereocenters. The first kappa shape index (κ1) is 46.1. The van der Waals surface area contributed by atoms with E-state index in [-0.39, 0.29) is 32.5 Å². The second kappa shape index (κ2) is 18.8. The van der Waals surface area contributed by atoms with Gasteiger partial charge in [0, 0.05) is 41.1 Å². The molecule has 6 aromatic rings. The van der Waals surface area contributed by atoms with Gasteiger partial charge in [0.1, 0.15) is 29.0 Å². The molecule has 4 N–H and O–H groups in total. The lowest BCUT2D eigenvalue weighted by Crippen LogP contribution is -2.57. The van der Waals surface area contributed by atoms with Crippen molar-refractivity contribution < 1.29 is 34.1 Å². The smallest absolute Gasteiger partial charge is 0.308 e. The summed E-state index contributed by atoms with van der Waals surface area (Å²) in [7, 11) is 1.36. The maximum absolute atomic E-state index is 14.3. The Kier molecular flexibility index (Phi) is 13.2. The lowest BCUT2D eigenvalue weighted by atomic mass is 9.85. The summed E-state index contributed by atoms with van der Waals surface area (Å²) in [6.45, 7) is 11.6. The molecule has 17 heteroatoms. The molecule has 1 fully saturated rings. The number of rotatable bonds is 12. The van der Waals surface area contributed by atoms with E-state index in [1.807, 2.05) is 92.9 Å². The lowest BCUT2D eigenvalue weighted by molar-refractivity contribution is -0.142. The number of carbonyl (C=O) groups is 4. The zero-order chi connectivity index (χ0) is 47.0. The van der Waals surface area contributed by atoms with Gasteiger partial charge in [0.15, 0.2) is 5.82 Å². The standard InChI is InChI=1S/C49H52N8O7S2/c1-26-27(2)66-48-40(26)41(52-36(21-39(60)64-7)44-55-54-28(3)57(44)48)32-16-12-30(13-17-32)31-14-18-34(19-15-31)45(61)53-43(49(4,5)6)47(63)56-23-35(59)20-38(56)46(62)50-22-29-8-10-33(11-9-29)42-37(24-58)51-25-65-42/h8-19,25,35-36,38,43,58-59H,20-24H2,1-7H3,(H,50,62)(H,53,61)/t35-,36+,38+,43-/m1/s1. The molecule has 3 aromatic carbocycles. The molecule has 66 heavy (non-hydrogen) atoms. The molecule has 0 saturated carbocycles. The predicted octanol–water partition coefficient (Wildman–Crippen LogP) is 6.41. The van der Waals surface area contributed by atoms with Crippen molar-refractivity contribution in [2.24, 2.45) is 10.4 Å². The molecule has 5 heterocycles. The molecule has 4 atom stereocenters. The number of carbonyl (C=O) groups excluding carboxylic acids is 4. The van der Waals surface area contributed by atoms with Crippen LogP contribution in [0.15, 0.2) is 83.3 Å². The normalized spacial score (nSPS) is 17.3. The summed E-state index contributed by atoms with van der Waals surface area (Å²) in [5.41, 5.74) is 9.08. The van der Waals surface area contributed by atoms with Crippen LogP contribution in [-0.2, 0) is 32.3 Å². The van der Waals surface area contributed by atoms with E-state index >= 15 is 0 Å². The first-order valence-corrected chi connectivity index (χ1v) is 23.3. The quantitative estimate of drug-likeness (QED) is 0.0994. The third-order valence-corrected chi connectivity index (χ3v) is 14.3. The van der Waals surface area contributed by atoms with Crippen molar-refractivity contribution in [3.05, 3.63) is 128 Å². The molecule has 0 radical (unpaired) electrons. The molecule has 0 spiro atoms. The van der Waals surface area contributed by atoms with Gasteiger partial charge in [-0.25, -0.2) is 4.98 Å². The van der Waals surface area contributed by atoms with Gasteiger partial charge < -0.3 is 30.5 Å². The number of ether oxygens (including phenoxy) is 1. The fourth-order valence-electron chi connectivity index (χ4n) is 8.43. The first-order valence-electron chi connectivity index (χ1n) is 21.6. The molecule has 8 rings (SSSR count). The van der Waals surface area contributed by atoms with Crippen molar-refractivity contribution in [2.45, 2.75) is 91.8 Å². The largest absolute Gasteiger partial charge is 0.469 e. The Morgan fingerprint density at radius 1 is 0.909 bits per heavy atom. The topological polar surface area (TPSA) is 201 Å². The van der Waals surface area contributed by atoms with Crippen LogP contribution in [0, 0.1) is 26.2 Å². The number of methoxy groups -OCH3 is 1. The number of β-amino-alcohol motifs (C(OH)–C–C–N with tert-alkyl or cyclic N) is 1. The van der Waals surface area contributed by atoms with E-state index in [0.717, 1.165) is 59.4 Å². The zero-order valence-corrected chi connectivity index (χ0v) is 39.4. The van der Waals surface area contributed by atoms with Crippen LogP contribution in [0.1, 0.15) is 94.5 Å². The van der Waals surface area contributed by atoms with Gasteiger partial charge in [0.2, 0.25) is 11.8 Å². The second-order valence-corrected chi connectivity index (χ2v) is 19.8. The number of nitrogens with zero attached hydrogens (tertiary/aromatic N) is 6. The number of aromatic nitrogens is 4. The van der Waals surface area contributed by atoms with Gasteiger partial charge in [-0.3, -0.25) is 28.7 Å². The highest BCUT2D eigenvalue weighted by atomic mass is 32.1. The summed E-state index contributed by atoms with van der Waals surface area (Å²) in [4.78, 5) is 67.0. The summed E-state index contributed by atoms with van der Waals surface area (Å²) in [5.74, 6) is -0.418. The molecule has 2 aliphatic heterocycles. The summed E-state index contributed by atoms with van der Waals surface area (Å²) in [5, 5.41) is 35.9. The van der Waals surface area contributed by atoms with Crippen molar-refractivity contribution in [3.8, 4) is 26.6 Å². The Balaban J connectivity index is 0.953. The van der Waals surface area contributed by atoms with E-state index in [2.05, 4.69) is 39.7 Å². The number of likely N-dealkylation sites (tertiary alicyclic amines) is 1. The fourth-order valence-corrected chi connectivity index (χ4v) is 10.5. The molecule has 1 saturated heterocycles. The van der Waals surface area contributed by atoms with Crippen LogP contribution in [0.2, 0.25) is 0 Å². The van der Waals surface area contributed by atoms with Gasteiger partial charge in [-0.15, -0.1) is 32.9 Å². The lowest BCUT2D eigenvalue weighted by Gasteiger charge is -2.35. The Morgan fingerprint density at radius 2 is 1.56 bits per heavy atom. The van der Waals surface area contributed by atoms with E-state index in [1.54, 1.807) is 29.0 Å². The van der Waals surface area contributed by atoms with E-state index in [0.29, 0.717) is 22.9 Å². The van der Waals surface area contributed by atoms with Crippen molar-refractivity contribution >= 4 is 52.1 Å². The second-order valence-electron chi connectivity index (χ2n) is 17.7. The molecule has 342 valence electrons. The Morgan fingerprint density at radius 3 is 2.21 bits per heavy atom. The highest BCUT2D eigenvalue weighted by Gasteiger charge is 2.44. The van der Waals surface area contributed by atoms with Crippen LogP contribution < -0.4 is 10.6 Å². The number of hydrogen-bond acceptors (Lipinski definition) is 13. The summed E-state index contributed by atoms with van der Waals surface area (Å²) >= 11 is 3.07. The minimum Gasteiger partial charge on any atom is -0.469 e. The van der Waals surface area contributed by atoms with Crippen LogP contribution in [0.4, 0.5) is 0 Å². The van der Waals surface area contributed by atoms with Gasteiger partial charge in [0.05, 0.1) is 48.0 Å². The summed E-state index contributed by atoms with van der Waals surface area (Å²) < 4.78 is 7.02. The van der Waals surface area contributed by atoms with Crippen LogP contribution in [0.5, 0.6) is 0 Å². The first-order chi connectivity index (χ1) is 31.6. The minimum absolute atomic E-state index is 0.00759. The van der Waals surface area contributed by atoms with Crippen LogP contribution in [-0.4, -0.2) is 96.1 Å². The number of esters is 1. The van der Waals surface area contributed by atoms with Crippen LogP contribution in [0.3, 0.4) is 0 Å². The molecule has 2 aliphatic rings. The minimum atomic E-state index is -1.00. The third-order valence-electron chi connectivity index (χ3n) is 12.2. The highest BCUT2D eigenvalue weighted by Crippen LogP contribution is 2.40. The van der Waals surface area contributed by atoms with Gasteiger partial charge >= 0.3 is 5.97 Å². The van der Waals surface area contributed by atoms with E-state index in [1.165, 1.54) is 23.3 Å². The van der Waals surface area contributed by atoms with Crippen molar-refractivity contribution in [1.29, 1.82) is 0 Å². The zero-order valence-electron chi connectivity index (χ0n) is 37.8. The van der Waals surface area contributed by atoms with E-state index in [4.69, 9.17) is 9.73 Å². The predicted molar refractivity (Wildman–Crippen MR) is 252 cm³/mol. The van der Waals surface area contributed by atoms with Crippen molar-refractivity contribution in [3.63, 3.8) is 0 Å². The van der Waals surface area contributed by atoms with Crippen LogP contribution in [0.25, 0.3) is 26.6 Å².